The van der Waals surface area contributed by atoms with Gasteiger partial charge in [-0.25, -0.2) is 14.2 Å². The van der Waals surface area contributed by atoms with Crippen LogP contribution in [-0.4, -0.2) is 22.0 Å². The van der Waals surface area contributed by atoms with Crippen molar-refractivity contribution in [1.82, 2.24) is 4.98 Å². The number of aromatic nitrogens is 1. The van der Waals surface area contributed by atoms with Crippen LogP contribution in [0.5, 0.6) is 0 Å². The molecule has 5 nitrogen and oxygen atoms in total. The van der Waals surface area contributed by atoms with Crippen LogP contribution in [0.25, 0.3) is 0 Å². The molecule has 1 amide bonds. The number of pyridine rings is 1. The molecule has 2 N–H and O–H groups in total. The van der Waals surface area contributed by atoms with E-state index in [1.165, 1.54) is 12.1 Å². The van der Waals surface area contributed by atoms with Crippen LogP contribution in [0.2, 0.25) is 0 Å². The SMILES string of the molecule is O=C(O)c1ccc(F)c(NC(=O)c2cccnc2F)c1. The van der Waals surface area contributed by atoms with Gasteiger partial charge in [-0.1, -0.05) is 0 Å². The third-order valence-electron chi connectivity index (χ3n) is 2.47. The number of aromatic carboxylic acids is 1. The summed E-state index contributed by atoms with van der Waals surface area (Å²) in [4.78, 5) is 25.8. The standard InChI is InChI=1S/C13H8F2N2O3/c14-9-4-3-7(13(19)20)6-10(9)17-12(18)8-2-1-5-16-11(8)15/h1-6H,(H,17,18)(H,19,20). The minimum absolute atomic E-state index is 0.201. The number of carbonyl (C=O) groups is 2. The molecule has 0 aliphatic rings. The van der Waals surface area contributed by atoms with E-state index in [-0.39, 0.29) is 16.8 Å². The van der Waals surface area contributed by atoms with E-state index in [9.17, 15) is 18.4 Å². The summed E-state index contributed by atoms with van der Waals surface area (Å²) < 4.78 is 26.8. The van der Waals surface area contributed by atoms with E-state index in [1.807, 2.05) is 0 Å². The number of nitrogens with one attached hydrogen (secondary N) is 1. The van der Waals surface area contributed by atoms with Crippen LogP contribution < -0.4 is 5.32 Å². The summed E-state index contributed by atoms with van der Waals surface area (Å²) in [5, 5.41) is 10.9. The predicted molar refractivity (Wildman–Crippen MR) is 65.5 cm³/mol. The number of halogens is 2. The quantitative estimate of drug-likeness (QED) is 0.844. The van der Waals surface area contributed by atoms with Gasteiger partial charge in [0.15, 0.2) is 0 Å². The summed E-state index contributed by atoms with van der Waals surface area (Å²) in [5.74, 6) is -4.02. The number of hydrogen-bond donors (Lipinski definition) is 2. The number of nitrogens with zero attached hydrogens (tertiary/aromatic N) is 1. The molecule has 2 aromatic rings. The molecule has 0 spiro atoms. The Labute approximate surface area is 111 Å². The van der Waals surface area contributed by atoms with Gasteiger partial charge in [0.1, 0.15) is 5.82 Å². The normalized spacial score (nSPS) is 10.1. The van der Waals surface area contributed by atoms with Crippen molar-refractivity contribution in [3.63, 3.8) is 0 Å². The van der Waals surface area contributed by atoms with Crippen molar-refractivity contribution in [2.24, 2.45) is 0 Å². The average molecular weight is 278 g/mol. The molecule has 2 rings (SSSR count). The van der Waals surface area contributed by atoms with Gasteiger partial charge in [0.05, 0.1) is 16.8 Å². The van der Waals surface area contributed by atoms with E-state index in [2.05, 4.69) is 10.3 Å². The van der Waals surface area contributed by atoms with Crippen molar-refractivity contribution in [3.8, 4) is 0 Å². The summed E-state index contributed by atoms with van der Waals surface area (Å²) >= 11 is 0. The molecule has 102 valence electrons. The van der Waals surface area contributed by atoms with Gasteiger partial charge in [0.25, 0.3) is 5.91 Å². The maximum atomic E-state index is 13.5. The van der Waals surface area contributed by atoms with Crippen LogP contribution in [0.1, 0.15) is 20.7 Å². The second-order valence-corrected chi connectivity index (χ2v) is 3.80. The van der Waals surface area contributed by atoms with Gasteiger partial charge in [0.2, 0.25) is 5.95 Å². The van der Waals surface area contributed by atoms with Crippen molar-refractivity contribution in [3.05, 3.63) is 59.4 Å². The summed E-state index contributed by atoms with van der Waals surface area (Å²) in [5.41, 5.74) is -0.917. The van der Waals surface area contributed by atoms with Gasteiger partial charge in [-0.15, -0.1) is 0 Å². The molecule has 0 saturated heterocycles. The number of carbonyl (C=O) groups excluding carboxylic acids is 1. The summed E-state index contributed by atoms with van der Waals surface area (Å²) in [6, 6.07) is 5.43. The predicted octanol–water partition coefficient (Wildman–Crippen LogP) is 2.31. The highest BCUT2D eigenvalue weighted by Gasteiger charge is 2.15. The van der Waals surface area contributed by atoms with Crippen molar-refractivity contribution in [2.75, 3.05) is 5.32 Å². The Morgan fingerprint density at radius 3 is 2.60 bits per heavy atom. The molecule has 1 aromatic carbocycles. The highest BCUT2D eigenvalue weighted by molar-refractivity contribution is 6.04. The summed E-state index contributed by atoms with van der Waals surface area (Å²) in [6.45, 7) is 0. The fourth-order valence-corrected chi connectivity index (χ4v) is 1.50. The maximum Gasteiger partial charge on any atom is 0.335 e. The fraction of sp³-hybridized carbons (Fsp3) is 0. The Bertz CT molecular complexity index is 689. The van der Waals surface area contributed by atoms with Gasteiger partial charge < -0.3 is 10.4 Å². The number of amides is 1. The lowest BCUT2D eigenvalue weighted by Crippen LogP contribution is -2.15. The molecular formula is C13H8F2N2O3. The van der Waals surface area contributed by atoms with Crippen molar-refractivity contribution >= 4 is 17.6 Å². The zero-order chi connectivity index (χ0) is 14.7. The molecule has 0 aliphatic heterocycles. The summed E-state index contributed by atoms with van der Waals surface area (Å²) in [7, 11) is 0. The molecule has 0 atom stereocenters. The molecule has 1 aromatic heterocycles. The van der Waals surface area contributed by atoms with Crippen molar-refractivity contribution < 1.29 is 23.5 Å². The molecule has 20 heavy (non-hydrogen) atoms. The van der Waals surface area contributed by atoms with Crippen molar-refractivity contribution in [1.29, 1.82) is 0 Å². The van der Waals surface area contributed by atoms with Crippen LogP contribution in [0.4, 0.5) is 14.5 Å². The minimum Gasteiger partial charge on any atom is -0.478 e. The van der Waals surface area contributed by atoms with E-state index < -0.39 is 23.6 Å². The van der Waals surface area contributed by atoms with Gasteiger partial charge in [-0.05, 0) is 30.3 Å². The number of rotatable bonds is 3. The van der Waals surface area contributed by atoms with Crippen LogP contribution >= 0.6 is 0 Å². The first-order valence-electron chi connectivity index (χ1n) is 5.44. The first-order valence-corrected chi connectivity index (χ1v) is 5.44. The first kappa shape index (κ1) is 13.6. The topological polar surface area (TPSA) is 79.3 Å². The van der Waals surface area contributed by atoms with Crippen LogP contribution in [0.15, 0.2) is 36.5 Å². The first-order chi connectivity index (χ1) is 9.49. The average Bonchev–Trinajstić information content (AvgIpc) is 2.41. The number of anilines is 1. The van der Waals surface area contributed by atoms with Gasteiger partial charge >= 0.3 is 5.97 Å². The molecular weight excluding hydrogens is 270 g/mol. The Hall–Kier alpha value is -2.83. The molecule has 0 bridgehead atoms. The minimum atomic E-state index is -1.27. The Morgan fingerprint density at radius 2 is 1.95 bits per heavy atom. The lowest BCUT2D eigenvalue weighted by Gasteiger charge is -2.07. The van der Waals surface area contributed by atoms with E-state index in [0.29, 0.717) is 0 Å². The molecule has 1 heterocycles. The highest BCUT2D eigenvalue weighted by Crippen LogP contribution is 2.17. The van der Waals surface area contributed by atoms with Gasteiger partial charge in [-0.2, -0.15) is 4.39 Å². The largest absolute Gasteiger partial charge is 0.478 e. The molecule has 0 radical (unpaired) electrons. The molecule has 7 heteroatoms. The molecule has 0 saturated carbocycles. The van der Waals surface area contributed by atoms with Gasteiger partial charge in [-0.3, -0.25) is 4.79 Å². The third-order valence-corrected chi connectivity index (χ3v) is 2.47. The number of carboxylic acids is 1. The van der Waals surface area contributed by atoms with E-state index in [1.54, 1.807) is 0 Å². The Kier molecular flexibility index (Phi) is 3.69. The monoisotopic (exact) mass is 278 g/mol. The zero-order valence-electron chi connectivity index (χ0n) is 9.93. The fourth-order valence-electron chi connectivity index (χ4n) is 1.50. The lowest BCUT2D eigenvalue weighted by atomic mass is 10.2. The summed E-state index contributed by atoms with van der Waals surface area (Å²) in [6.07, 6.45) is 1.16. The second kappa shape index (κ2) is 5.43. The Morgan fingerprint density at radius 1 is 1.20 bits per heavy atom. The lowest BCUT2D eigenvalue weighted by molar-refractivity contribution is 0.0696. The van der Waals surface area contributed by atoms with Crippen molar-refractivity contribution in [2.45, 2.75) is 0 Å². The van der Waals surface area contributed by atoms with E-state index in [0.717, 1.165) is 24.4 Å². The Balaban J connectivity index is 2.30. The van der Waals surface area contributed by atoms with Gasteiger partial charge in [0, 0.05) is 6.20 Å². The maximum absolute atomic E-state index is 13.5. The third kappa shape index (κ3) is 2.77. The van der Waals surface area contributed by atoms with E-state index in [4.69, 9.17) is 5.11 Å². The van der Waals surface area contributed by atoms with Crippen LogP contribution in [0.3, 0.4) is 0 Å². The van der Waals surface area contributed by atoms with Crippen LogP contribution in [0, 0.1) is 11.8 Å². The molecule has 0 aliphatic carbocycles. The second-order valence-electron chi connectivity index (χ2n) is 3.80. The molecule has 0 unspecified atom stereocenters. The smallest absolute Gasteiger partial charge is 0.335 e. The number of benzene rings is 1. The zero-order valence-corrected chi connectivity index (χ0v) is 9.93. The van der Waals surface area contributed by atoms with Crippen LogP contribution in [-0.2, 0) is 0 Å². The molecule has 0 fully saturated rings. The highest BCUT2D eigenvalue weighted by atomic mass is 19.1. The number of hydrogen-bond acceptors (Lipinski definition) is 3. The number of carboxylic acid groups (broad SMARTS) is 1. The van der Waals surface area contributed by atoms with E-state index >= 15 is 0 Å².